The highest BCUT2D eigenvalue weighted by molar-refractivity contribution is 6.02. The molecule has 5 rings (SSSR count). The van der Waals surface area contributed by atoms with E-state index >= 15 is 0 Å². The maximum atomic E-state index is 12.2. The molecule has 0 unspecified atom stereocenters. The molecular formula is C24H27N3O5. The van der Waals surface area contributed by atoms with Crippen LogP contribution in [-0.2, 0) is 4.74 Å². The van der Waals surface area contributed by atoms with Crippen LogP contribution in [0.15, 0.2) is 47.6 Å². The molecule has 0 saturated carbocycles. The zero-order valence-electron chi connectivity index (χ0n) is 18.3. The topological polar surface area (TPSA) is 83.8 Å². The van der Waals surface area contributed by atoms with Gasteiger partial charge in [-0.2, -0.15) is 5.10 Å². The Hall–Kier alpha value is -3.42. The van der Waals surface area contributed by atoms with Crippen molar-refractivity contribution in [1.82, 2.24) is 9.91 Å². The number of piperidine rings is 1. The largest absolute Gasteiger partial charge is 0.504 e. The second kappa shape index (κ2) is 7.93. The van der Waals surface area contributed by atoms with Gasteiger partial charge in [0.1, 0.15) is 5.75 Å². The highest BCUT2D eigenvalue weighted by Crippen LogP contribution is 2.50. The van der Waals surface area contributed by atoms with Gasteiger partial charge in [-0.15, -0.1) is 0 Å². The first kappa shape index (κ1) is 20.5. The van der Waals surface area contributed by atoms with Gasteiger partial charge < -0.3 is 24.2 Å². The Morgan fingerprint density at radius 2 is 2.03 bits per heavy atom. The Morgan fingerprint density at radius 3 is 2.78 bits per heavy atom. The highest BCUT2D eigenvalue weighted by atomic mass is 16.6. The van der Waals surface area contributed by atoms with E-state index in [4.69, 9.17) is 19.3 Å². The minimum Gasteiger partial charge on any atom is -0.504 e. The zero-order chi connectivity index (χ0) is 22.3. The lowest BCUT2D eigenvalue weighted by Gasteiger charge is -2.50. The van der Waals surface area contributed by atoms with Crippen molar-refractivity contribution in [2.24, 2.45) is 5.10 Å². The minimum atomic E-state index is -0.620. The van der Waals surface area contributed by atoms with Crippen LogP contribution in [0.5, 0.6) is 17.2 Å². The number of methoxy groups -OCH3 is 1. The fourth-order valence-corrected chi connectivity index (χ4v) is 4.84. The normalized spacial score (nSPS) is 20.8. The van der Waals surface area contributed by atoms with Crippen molar-refractivity contribution in [1.29, 1.82) is 0 Å². The molecule has 8 heteroatoms. The number of carbonyl (C=O) groups is 1. The van der Waals surface area contributed by atoms with Gasteiger partial charge in [-0.25, -0.2) is 9.80 Å². The average molecular weight is 437 g/mol. The number of hydrazone groups is 1. The van der Waals surface area contributed by atoms with E-state index in [1.165, 1.54) is 7.11 Å². The Bertz CT molecular complexity index is 1060. The van der Waals surface area contributed by atoms with Crippen molar-refractivity contribution in [3.8, 4) is 17.2 Å². The number of carbonyl (C=O) groups excluding carboxylic acids is 1. The van der Waals surface area contributed by atoms with Crippen LogP contribution in [0.1, 0.15) is 43.4 Å². The Morgan fingerprint density at radius 1 is 1.25 bits per heavy atom. The van der Waals surface area contributed by atoms with Crippen molar-refractivity contribution < 1.29 is 24.1 Å². The van der Waals surface area contributed by atoms with E-state index in [0.29, 0.717) is 38.3 Å². The number of rotatable bonds is 3. The SMILES string of the molecule is CCOC(=O)N1CCC2(CC1)Oc1ccccc1[C@H]1CC(c3ccc(O)c(OC)c3)=NN12. The third kappa shape index (κ3) is 3.30. The molecule has 1 atom stereocenters. The molecule has 1 N–H and O–H groups in total. The Balaban J connectivity index is 1.49. The lowest BCUT2D eigenvalue weighted by atomic mass is 9.91. The molecule has 8 nitrogen and oxygen atoms in total. The minimum absolute atomic E-state index is 0.0453. The van der Waals surface area contributed by atoms with Gasteiger partial charge >= 0.3 is 6.09 Å². The summed E-state index contributed by atoms with van der Waals surface area (Å²) in [5.74, 6) is 1.39. The second-order valence-corrected chi connectivity index (χ2v) is 8.27. The van der Waals surface area contributed by atoms with Crippen LogP contribution in [0, 0.1) is 0 Å². The van der Waals surface area contributed by atoms with E-state index in [1.54, 1.807) is 11.0 Å². The summed E-state index contributed by atoms with van der Waals surface area (Å²) in [6, 6.07) is 13.4. The monoisotopic (exact) mass is 437 g/mol. The Kier molecular flexibility index (Phi) is 5.07. The predicted molar refractivity (Wildman–Crippen MR) is 118 cm³/mol. The molecule has 1 fully saturated rings. The lowest BCUT2D eigenvalue weighted by molar-refractivity contribution is -0.147. The Labute approximate surface area is 187 Å². The molecule has 3 aliphatic rings. The van der Waals surface area contributed by atoms with Gasteiger partial charge in [-0.3, -0.25) is 0 Å². The first-order chi connectivity index (χ1) is 15.5. The van der Waals surface area contributed by atoms with Gasteiger partial charge in [0.25, 0.3) is 0 Å². The van der Waals surface area contributed by atoms with Crippen molar-refractivity contribution >= 4 is 11.8 Å². The van der Waals surface area contributed by atoms with Gasteiger partial charge in [-0.1, -0.05) is 18.2 Å². The number of amides is 1. The van der Waals surface area contributed by atoms with Gasteiger partial charge in [0.15, 0.2) is 11.5 Å². The first-order valence-corrected chi connectivity index (χ1v) is 11.0. The average Bonchev–Trinajstić information content (AvgIpc) is 3.27. The van der Waals surface area contributed by atoms with E-state index in [1.807, 2.05) is 37.3 Å². The summed E-state index contributed by atoms with van der Waals surface area (Å²) in [6.45, 7) is 3.26. The van der Waals surface area contributed by atoms with E-state index in [-0.39, 0.29) is 17.9 Å². The number of benzene rings is 2. The lowest BCUT2D eigenvalue weighted by Crippen LogP contribution is -2.59. The number of para-hydroxylation sites is 1. The molecule has 1 saturated heterocycles. The number of likely N-dealkylation sites (tertiary alicyclic amines) is 1. The molecule has 3 heterocycles. The maximum Gasteiger partial charge on any atom is 0.409 e. The summed E-state index contributed by atoms with van der Waals surface area (Å²) in [5.41, 5.74) is 2.31. The molecule has 2 aromatic carbocycles. The molecule has 0 bridgehead atoms. The van der Waals surface area contributed by atoms with Gasteiger partial charge in [0.05, 0.1) is 25.5 Å². The zero-order valence-corrected chi connectivity index (χ0v) is 18.3. The number of hydrogen-bond acceptors (Lipinski definition) is 7. The second-order valence-electron chi connectivity index (χ2n) is 8.27. The molecule has 0 radical (unpaired) electrons. The smallest absolute Gasteiger partial charge is 0.409 e. The van der Waals surface area contributed by atoms with E-state index in [2.05, 4.69) is 11.1 Å². The van der Waals surface area contributed by atoms with Crippen molar-refractivity contribution in [2.45, 2.75) is 38.0 Å². The maximum absolute atomic E-state index is 12.2. The van der Waals surface area contributed by atoms with E-state index in [9.17, 15) is 9.90 Å². The molecule has 168 valence electrons. The van der Waals surface area contributed by atoms with E-state index in [0.717, 1.165) is 29.0 Å². The molecular weight excluding hydrogens is 410 g/mol. The van der Waals surface area contributed by atoms with E-state index < -0.39 is 5.72 Å². The van der Waals surface area contributed by atoms with Crippen LogP contribution in [0.3, 0.4) is 0 Å². The third-order valence-electron chi connectivity index (χ3n) is 6.49. The van der Waals surface area contributed by atoms with Crippen molar-refractivity contribution in [3.05, 3.63) is 53.6 Å². The third-order valence-corrected chi connectivity index (χ3v) is 6.49. The van der Waals surface area contributed by atoms with Crippen molar-refractivity contribution in [2.75, 3.05) is 26.8 Å². The number of ether oxygens (including phenoxy) is 3. The summed E-state index contributed by atoms with van der Waals surface area (Å²) in [4.78, 5) is 13.9. The summed E-state index contributed by atoms with van der Waals surface area (Å²) in [5, 5.41) is 17.1. The standard InChI is InChI=1S/C24H27N3O5/c1-3-31-23(29)26-12-10-24(11-13-26)27-19(17-6-4-5-7-21(17)32-24)15-18(25-27)16-8-9-20(28)22(14-16)30-2/h4-9,14,19,28H,3,10-13,15H2,1-2H3/t19-/m1/s1. The molecule has 2 aromatic rings. The molecule has 3 aliphatic heterocycles. The predicted octanol–water partition coefficient (Wildman–Crippen LogP) is 3.89. The van der Waals surface area contributed by atoms with Crippen molar-refractivity contribution in [3.63, 3.8) is 0 Å². The van der Waals surface area contributed by atoms with Gasteiger partial charge in [0, 0.05) is 43.5 Å². The van der Waals surface area contributed by atoms with Gasteiger partial charge in [0.2, 0.25) is 5.72 Å². The number of phenolic OH excluding ortho intramolecular Hbond substituents is 1. The number of aromatic hydroxyl groups is 1. The fraction of sp³-hybridized carbons (Fsp3) is 0.417. The quantitative estimate of drug-likeness (QED) is 0.784. The number of fused-ring (bicyclic) bond motifs is 4. The molecule has 32 heavy (non-hydrogen) atoms. The molecule has 0 aromatic heterocycles. The number of hydrogen-bond donors (Lipinski definition) is 1. The molecule has 1 amide bonds. The molecule has 0 aliphatic carbocycles. The first-order valence-electron chi connectivity index (χ1n) is 11.0. The summed E-state index contributed by atoms with van der Waals surface area (Å²) in [7, 11) is 1.54. The summed E-state index contributed by atoms with van der Waals surface area (Å²) >= 11 is 0. The molecule has 1 spiro atoms. The van der Waals surface area contributed by atoms with Crippen LogP contribution in [0.4, 0.5) is 4.79 Å². The number of nitrogens with zero attached hydrogens (tertiary/aromatic N) is 3. The number of phenols is 1. The van der Waals surface area contributed by atoms with Crippen LogP contribution in [0.2, 0.25) is 0 Å². The van der Waals surface area contributed by atoms with Crippen LogP contribution < -0.4 is 9.47 Å². The fourth-order valence-electron chi connectivity index (χ4n) is 4.84. The summed E-state index contributed by atoms with van der Waals surface area (Å²) < 4.78 is 17.1. The van der Waals surface area contributed by atoms with Crippen LogP contribution in [0.25, 0.3) is 0 Å². The van der Waals surface area contributed by atoms with Crippen LogP contribution >= 0.6 is 0 Å². The highest BCUT2D eigenvalue weighted by Gasteiger charge is 2.52. The van der Waals surface area contributed by atoms with Crippen LogP contribution in [-0.4, -0.2) is 59.4 Å². The van der Waals surface area contributed by atoms with Gasteiger partial charge in [-0.05, 0) is 31.2 Å². The summed E-state index contributed by atoms with van der Waals surface area (Å²) in [6.07, 6.45) is 1.70.